The van der Waals surface area contributed by atoms with Crippen molar-refractivity contribution in [2.75, 3.05) is 0 Å². The monoisotopic (exact) mass is 1080 g/mol. The average Bonchev–Trinajstić information content (AvgIpc) is 3.70. The Bertz CT molecular complexity index is 3220. The van der Waals surface area contributed by atoms with Crippen molar-refractivity contribution in [3.05, 3.63) is 212 Å². The van der Waals surface area contributed by atoms with E-state index in [1.165, 1.54) is 48.9 Å². The Labute approximate surface area is 400 Å². The molecule has 0 unspecified atom stereocenters. The number of aromatic nitrogens is 2. The van der Waals surface area contributed by atoms with Gasteiger partial charge in [-0.3, -0.25) is 0 Å². The average molecular weight is 1080 g/mol. The van der Waals surface area contributed by atoms with Gasteiger partial charge in [0.2, 0.25) is 0 Å². The molecule has 65 heavy (non-hydrogen) atoms. The summed E-state index contributed by atoms with van der Waals surface area (Å²) in [5.74, 6) is 7.24. The molecule has 0 amide bonds. The maximum atomic E-state index is 6.45. The van der Waals surface area contributed by atoms with Crippen molar-refractivity contribution in [1.29, 1.82) is 0 Å². The fraction of sp³-hybridized carbons (Fsp3) is 0.133. The third kappa shape index (κ3) is 9.92. The van der Waals surface area contributed by atoms with Crippen LogP contribution in [0.4, 0.5) is 0 Å². The molecule has 10 rings (SSSR count). The van der Waals surface area contributed by atoms with Crippen LogP contribution in [0.1, 0.15) is 31.9 Å². The number of pyridine rings is 2. The van der Waals surface area contributed by atoms with Gasteiger partial charge in [0.15, 0.2) is 0 Å². The Balaban J connectivity index is 0.000000178. The summed E-state index contributed by atoms with van der Waals surface area (Å²) in [5, 5.41) is 2.18. The maximum absolute atomic E-state index is 6.45. The molecule has 3 heterocycles. The molecule has 0 aliphatic heterocycles. The Morgan fingerprint density at radius 3 is 1.69 bits per heavy atom. The minimum absolute atomic E-state index is 0. The minimum atomic E-state index is -1.91. The standard InChI is InChI=1S/C33H26NO.C27H26GeN.Ir/c1-33(2,3)26-16-17-34-29(21-26)24-14-15-27-30(19-24)35-31-20-25(22-10-6-4-7-11-22)18-28(32(27)31)23-12-8-5-9-13-23;1-20-17-27(29-19-26(20)28(2,3)4)23-15-16-24(21-11-7-5-8-12-21)25(18-23)22-13-9-6-10-14-22;/h4-18,20-21H,1-3H3;5-14,16-19H,1-4H3;/q2*-1;. The molecule has 3 nitrogen and oxygen atoms in total. The van der Waals surface area contributed by atoms with Crippen LogP contribution >= 0.6 is 0 Å². The first-order valence-corrected chi connectivity index (χ1v) is 29.4. The summed E-state index contributed by atoms with van der Waals surface area (Å²) < 4.78 is 7.92. The van der Waals surface area contributed by atoms with Gasteiger partial charge in [-0.25, -0.2) is 0 Å². The number of furan rings is 1. The van der Waals surface area contributed by atoms with E-state index in [4.69, 9.17) is 9.40 Å². The second-order valence-electron chi connectivity index (χ2n) is 18.6. The smallest absolute Gasteiger partial charge is 0 e. The number of fused-ring (bicyclic) bond motifs is 3. The minimum Gasteiger partial charge on any atom is 0 e. The van der Waals surface area contributed by atoms with Crippen LogP contribution in [0.25, 0.3) is 89.0 Å². The number of benzene rings is 7. The van der Waals surface area contributed by atoms with Crippen molar-refractivity contribution in [1.82, 2.24) is 9.97 Å². The first-order chi connectivity index (χ1) is 30.9. The second-order valence-corrected chi connectivity index (χ2v) is 29.1. The third-order valence-corrected chi connectivity index (χ3v) is 16.4. The number of rotatable bonds is 7. The summed E-state index contributed by atoms with van der Waals surface area (Å²) in [6.45, 7) is 8.86. The van der Waals surface area contributed by atoms with Crippen molar-refractivity contribution < 1.29 is 24.5 Å². The molecule has 323 valence electrons. The van der Waals surface area contributed by atoms with Crippen LogP contribution in [0.15, 0.2) is 193 Å². The molecule has 0 saturated carbocycles. The van der Waals surface area contributed by atoms with Crippen molar-refractivity contribution in [3.63, 3.8) is 0 Å². The van der Waals surface area contributed by atoms with Crippen LogP contribution in [0.3, 0.4) is 0 Å². The molecule has 0 bridgehead atoms. The van der Waals surface area contributed by atoms with Crippen molar-refractivity contribution in [2.24, 2.45) is 0 Å². The van der Waals surface area contributed by atoms with E-state index in [9.17, 15) is 0 Å². The van der Waals surface area contributed by atoms with Gasteiger partial charge >= 0.3 is 177 Å². The molecule has 0 spiro atoms. The molecule has 0 saturated heterocycles. The Kier molecular flexibility index (Phi) is 13.4. The molecular formula is C60H52GeIrN2O-2. The van der Waals surface area contributed by atoms with Gasteiger partial charge in [-0.1, -0.05) is 99.0 Å². The molecule has 0 atom stereocenters. The molecule has 7 aromatic carbocycles. The molecule has 0 aliphatic rings. The van der Waals surface area contributed by atoms with Crippen molar-refractivity contribution in [3.8, 4) is 67.0 Å². The Morgan fingerprint density at radius 2 is 1.11 bits per heavy atom. The quantitative estimate of drug-likeness (QED) is 0.118. The molecule has 5 heteroatoms. The number of nitrogens with zero attached hydrogens (tertiary/aromatic N) is 2. The Morgan fingerprint density at radius 1 is 0.538 bits per heavy atom. The van der Waals surface area contributed by atoms with Crippen LogP contribution in [0.2, 0.25) is 17.3 Å². The predicted molar refractivity (Wildman–Crippen MR) is 272 cm³/mol. The summed E-state index contributed by atoms with van der Waals surface area (Å²) >= 11 is -1.91. The largest absolute Gasteiger partial charge is 0 e. The summed E-state index contributed by atoms with van der Waals surface area (Å²) in [6, 6.07) is 68.6. The van der Waals surface area contributed by atoms with Crippen LogP contribution < -0.4 is 4.40 Å². The van der Waals surface area contributed by atoms with Gasteiger partial charge in [0.05, 0.1) is 5.58 Å². The second kappa shape index (κ2) is 19.1. The van der Waals surface area contributed by atoms with E-state index in [1.54, 1.807) is 0 Å². The van der Waals surface area contributed by atoms with Crippen molar-refractivity contribution >= 4 is 39.6 Å². The van der Waals surface area contributed by atoms with Crippen LogP contribution in [0, 0.1) is 19.1 Å². The fourth-order valence-electron chi connectivity index (χ4n) is 8.51. The van der Waals surface area contributed by atoms with Crippen LogP contribution in [-0.2, 0) is 25.5 Å². The number of aryl methyl sites for hydroxylation is 1. The molecule has 0 fully saturated rings. The summed E-state index contributed by atoms with van der Waals surface area (Å²) in [6.07, 6.45) is 3.98. The maximum Gasteiger partial charge on any atom is 0 e. The summed E-state index contributed by atoms with van der Waals surface area (Å²) in [4.78, 5) is 9.46. The normalized spacial score (nSPS) is 11.5. The van der Waals surface area contributed by atoms with E-state index in [1.807, 2.05) is 18.3 Å². The van der Waals surface area contributed by atoms with Gasteiger partial charge < -0.3 is 9.40 Å². The van der Waals surface area contributed by atoms with E-state index in [2.05, 4.69) is 232 Å². The van der Waals surface area contributed by atoms with E-state index >= 15 is 0 Å². The van der Waals surface area contributed by atoms with Crippen molar-refractivity contribution in [2.45, 2.75) is 50.4 Å². The van der Waals surface area contributed by atoms with E-state index < -0.39 is 13.3 Å². The van der Waals surface area contributed by atoms with E-state index in [-0.39, 0.29) is 25.5 Å². The topological polar surface area (TPSA) is 38.9 Å². The molecule has 0 aliphatic carbocycles. The van der Waals surface area contributed by atoms with Gasteiger partial charge in [0, 0.05) is 26.3 Å². The fourth-order valence-corrected chi connectivity index (χ4v) is 12.1. The zero-order valence-corrected chi connectivity index (χ0v) is 42.5. The first kappa shape index (κ1) is 45.4. The predicted octanol–water partition coefficient (Wildman–Crippen LogP) is 15.8. The number of hydrogen-bond donors (Lipinski definition) is 0. The van der Waals surface area contributed by atoms with Gasteiger partial charge in [-0.05, 0) is 62.5 Å². The van der Waals surface area contributed by atoms with Gasteiger partial charge in [-0.15, -0.1) is 17.7 Å². The molecule has 3 aromatic heterocycles. The molecule has 0 N–H and O–H groups in total. The van der Waals surface area contributed by atoms with Gasteiger partial charge in [0.25, 0.3) is 0 Å². The molecule has 1 radical (unpaired) electrons. The van der Waals surface area contributed by atoms with Gasteiger partial charge in [0.1, 0.15) is 5.58 Å². The van der Waals surface area contributed by atoms with Gasteiger partial charge in [-0.2, -0.15) is 0 Å². The third-order valence-electron chi connectivity index (χ3n) is 11.9. The van der Waals surface area contributed by atoms with E-state index in [0.717, 1.165) is 55.6 Å². The van der Waals surface area contributed by atoms with Crippen LogP contribution in [0.5, 0.6) is 0 Å². The molecular weight excluding hydrogens is 1030 g/mol. The van der Waals surface area contributed by atoms with Crippen LogP contribution in [-0.4, -0.2) is 23.2 Å². The first-order valence-electron chi connectivity index (χ1n) is 22.1. The molecule has 10 aromatic rings. The summed E-state index contributed by atoms with van der Waals surface area (Å²) in [7, 11) is 0. The zero-order valence-electron chi connectivity index (χ0n) is 38.0. The zero-order chi connectivity index (χ0) is 44.4. The van der Waals surface area contributed by atoms with E-state index in [0.29, 0.717) is 0 Å². The SMILES string of the molecule is CC(C)(C)c1ccnc(-c2[c-]c3oc4cc(-c5ccccc5)cc(-c5ccccc5)c4c3cc2)c1.Cc1cc(-c2[c-]cc(-c3ccccc3)c(-c3ccccc3)c2)nc[c]1[Ge]([CH3])([CH3])[CH3].[Ir]. The Hall–Kier alpha value is -6.17. The summed E-state index contributed by atoms with van der Waals surface area (Å²) in [5.41, 5.74) is 17.6. The number of hydrogen-bond acceptors (Lipinski definition) is 3.